The smallest absolute Gasteiger partial charge is 0.251 e. The summed E-state index contributed by atoms with van der Waals surface area (Å²) in [6, 6.07) is 11.9. The minimum absolute atomic E-state index is 0.0415. The first-order valence-electron chi connectivity index (χ1n) is 9.64. The fourth-order valence-corrected chi connectivity index (χ4v) is 4.19. The van der Waals surface area contributed by atoms with Gasteiger partial charge in [0.15, 0.2) is 11.6 Å². The van der Waals surface area contributed by atoms with Crippen LogP contribution in [-0.2, 0) is 6.54 Å². The van der Waals surface area contributed by atoms with Gasteiger partial charge in [-0.2, -0.15) is 0 Å². The maximum absolute atomic E-state index is 13.3. The van der Waals surface area contributed by atoms with Gasteiger partial charge in [-0.05, 0) is 54.8 Å². The van der Waals surface area contributed by atoms with Crippen LogP contribution >= 0.6 is 11.8 Å². The zero-order chi connectivity index (χ0) is 20.1. The average molecular weight is 405 g/mol. The number of carbonyl (C=O) groups is 1. The Morgan fingerprint density at radius 3 is 2.39 bits per heavy atom. The molecule has 1 amide bonds. The van der Waals surface area contributed by atoms with E-state index in [0.29, 0.717) is 17.4 Å². The van der Waals surface area contributed by atoms with Gasteiger partial charge in [0, 0.05) is 41.4 Å². The highest BCUT2D eigenvalue weighted by molar-refractivity contribution is 7.99. The van der Waals surface area contributed by atoms with Crippen molar-refractivity contribution in [1.29, 1.82) is 0 Å². The summed E-state index contributed by atoms with van der Waals surface area (Å²) in [7, 11) is 0. The Labute approximate surface area is 169 Å². The zero-order valence-electron chi connectivity index (χ0n) is 16.3. The van der Waals surface area contributed by atoms with Crippen LogP contribution in [0.25, 0.3) is 0 Å². The number of rotatable bonds is 6. The van der Waals surface area contributed by atoms with Gasteiger partial charge >= 0.3 is 0 Å². The molecule has 3 rings (SSSR count). The number of carbonyl (C=O) groups excluding carboxylic acids is 1. The number of benzene rings is 2. The second-order valence-electron chi connectivity index (χ2n) is 7.46. The molecule has 0 spiro atoms. The molecule has 28 heavy (non-hydrogen) atoms. The van der Waals surface area contributed by atoms with E-state index >= 15 is 0 Å². The summed E-state index contributed by atoms with van der Waals surface area (Å²) in [4.78, 5) is 15.8. The number of nitrogens with zero attached hydrogens (tertiary/aromatic N) is 1. The average Bonchev–Trinajstić information content (AvgIpc) is 2.66. The Morgan fingerprint density at radius 2 is 1.79 bits per heavy atom. The van der Waals surface area contributed by atoms with Gasteiger partial charge in [-0.15, -0.1) is 11.8 Å². The summed E-state index contributed by atoms with van der Waals surface area (Å²) in [5.41, 5.74) is 1.44. The van der Waals surface area contributed by atoms with Gasteiger partial charge in [-0.1, -0.05) is 19.9 Å². The van der Waals surface area contributed by atoms with E-state index in [0.717, 1.165) is 36.4 Å². The molecule has 0 radical (unpaired) electrons. The topological polar surface area (TPSA) is 32.3 Å². The van der Waals surface area contributed by atoms with Gasteiger partial charge in [0.2, 0.25) is 0 Å². The van der Waals surface area contributed by atoms with Crippen LogP contribution in [0.3, 0.4) is 0 Å². The van der Waals surface area contributed by atoms with Gasteiger partial charge in [-0.25, -0.2) is 8.78 Å². The van der Waals surface area contributed by atoms with Crippen molar-refractivity contribution in [1.82, 2.24) is 10.2 Å². The number of halogens is 2. The van der Waals surface area contributed by atoms with Gasteiger partial charge in [0.25, 0.3) is 5.91 Å². The number of likely N-dealkylation sites (tertiary alicyclic amines) is 1. The van der Waals surface area contributed by atoms with E-state index in [4.69, 9.17) is 0 Å². The molecular weight excluding hydrogens is 378 g/mol. The van der Waals surface area contributed by atoms with Crippen LogP contribution in [0.15, 0.2) is 47.4 Å². The number of thioether (sulfide) groups is 1. The highest BCUT2D eigenvalue weighted by atomic mass is 32.2. The van der Waals surface area contributed by atoms with E-state index < -0.39 is 11.6 Å². The second kappa shape index (κ2) is 9.52. The first-order valence-corrected chi connectivity index (χ1v) is 10.5. The Hall–Kier alpha value is -1.92. The molecule has 1 aliphatic heterocycles. The molecule has 0 unspecified atom stereocenters. The van der Waals surface area contributed by atoms with Crippen molar-refractivity contribution in [3.05, 3.63) is 65.2 Å². The summed E-state index contributed by atoms with van der Waals surface area (Å²) < 4.78 is 26.4. The van der Waals surface area contributed by atoms with Crippen molar-refractivity contribution in [3.63, 3.8) is 0 Å². The van der Waals surface area contributed by atoms with E-state index in [1.165, 1.54) is 12.1 Å². The fraction of sp³-hybridized carbons (Fsp3) is 0.409. The summed E-state index contributed by atoms with van der Waals surface area (Å²) in [6.07, 6.45) is 1.69. The molecule has 0 atom stereocenters. The molecule has 150 valence electrons. The van der Waals surface area contributed by atoms with Crippen LogP contribution in [-0.4, -0.2) is 35.2 Å². The van der Waals surface area contributed by atoms with Gasteiger partial charge in [-0.3, -0.25) is 9.69 Å². The predicted octanol–water partition coefficient (Wildman–Crippen LogP) is 4.86. The number of piperidine rings is 1. The number of hydrogen-bond donors (Lipinski definition) is 1. The van der Waals surface area contributed by atoms with Crippen LogP contribution in [0.5, 0.6) is 0 Å². The van der Waals surface area contributed by atoms with Gasteiger partial charge < -0.3 is 5.32 Å². The summed E-state index contributed by atoms with van der Waals surface area (Å²) in [6.45, 7) is 6.50. The van der Waals surface area contributed by atoms with Crippen molar-refractivity contribution in [2.75, 3.05) is 13.1 Å². The first kappa shape index (κ1) is 20.8. The van der Waals surface area contributed by atoms with Crippen molar-refractivity contribution < 1.29 is 13.6 Å². The molecule has 1 N–H and O–H groups in total. The van der Waals surface area contributed by atoms with Crippen LogP contribution < -0.4 is 5.32 Å². The number of hydrogen-bond acceptors (Lipinski definition) is 3. The van der Waals surface area contributed by atoms with E-state index in [1.807, 2.05) is 24.3 Å². The molecule has 1 aliphatic rings. The minimum Gasteiger partial charge on any atom is -0.349 e. The molecule has 1 fully saturated rings. The molecule has 0 bridgehead atoms. The third kappa shape index (κ3) is 5.79. The summed E-state index contributed by atoms with van der Waals surface area (Å²) in [5.74, 6) is -1.67. The number of nitrogens with one attached hydrogen (secondary N) is 1. The maximum atomic E-state index is 13.3. The number of amides is 1. The molecule has 2 aromatic carbocycles. The van der Waals surface area contributed by atoms with Gasteiger partial charge in [0.1, 0.15) is 0 Å². The monoisotopic (exact) mass is 404 g/mol. The molecule has 3 nitrogen and oxygen atoms in total. The molecule has 0 saturated carbocycles. The molecule has 6 heteroatoms. The molecule has 2 aromatic rings. The lowest BCUT2D eigenvalue weighted by atomic mass is 10.0. The lowest BCUT2D eigenvalue weighted by Gasteiger charge is -2.32. The summed E-state index contributed by atoms with van der Waals surface area (Å²) in [5, 5.41) is 3.62. The SMILES string of the molecule is CC(C)Sc1ccc(C(=O)NC2CCN(Cc3ccc(F)c(F)c3)CC2)cc1. The lowest BCUT2D eigenvalue weighted by Crippen LogP contribution is -2.44. The van der Waals surface area contributed by atoms with Crippen LogP contribution in [0.4, 0.5) is 8.78 Å². The van der Waals surface area contributed by atoms with Crippen molar-refractivity contribution >= 4 is 17.7 Å². The van der Waals surface area contributed by atoms with E-state index in [1.54, 1.807) is 17.8 Å². The Kier molecular flexibility index (Phi) is 7.08. The standard InChI is InChI=1S/C22H26F2N2OS/c1-15(2)28-19-6-4-17(5-7-19)22(27)25-18-9-11-26(12-10-18)14-16-3-8-20(23)21(24)13-16/h3-8,13,15,18H,9-12,14H2,1-2H3,(H,25,27). The molecular formula is C22H26F2N2OS. The van der Waals surface area contributed by atoms with Gasteiger partial charge in [0.05, 0.1) is 0 Å². The van der Waals surface area contributed by atoms with Crippen LogP contribution in [0, 0.1) is 11.6 Å². The molecule has 1 saturated heterocycles. The quantitative estimate of drug-likeness (QED) is 0.698. The predicted molar refractivity (Wildman–Crippen MR) is 110 cm³/mol. The molecule has 1 heterocycles. The Balaban J connectivity index is 1.47. The minimum atomic E-state index is -0.819. The Morgan fingerprint density at radius 1 is 1.11 bits per heavy atom. The highest BCUT2D eigenvalue weighted by Gasteiger charge is 2.21. The van der Waals surface area contributed by atoms with E-state index in [-0.39, 0.29) is 11.9 Å². The maximum Gasteiger partial charge on any atom is 0.251 e. The van der Waals surface area contributed by atoms with Crippen molar-refractivity contribution in [3.8, 4) is 0 Å². The van der Waals surface area contributed by atoms with Crippen LogP contribution in [0.2, 0.25) is 0 Å². The fourth-order valence-electron chi connectivity index (χ4n) is 3.36. The van der Waals surface area contributed by atoms with E-state index in [2.05, 4.69) is 24.1 Å². The first-order chi connectivity index (χ1) is 13.4. The van der Waals surface area contributed by atoms with Crippen molar-refractivity contribution in [2.24, 2.45) is 0 Å². The van der Waals surface area contributed by atoms with Crippen molar-refractivity contribution in [2.45, 2.75) is 49.4 Å². The normalized spacial score (nSPS) is 15.8. The highest BCUT2D eigenvalue weighted by Crippen LogP contribution is 2.23. The second-order valence-corrected chi connectivity index (χ2v) is 9.11. The summed E-state index contributed by atoms with van der Waals surface area (Å²) >= 11 is 1.78. The van der Waals surface area contributed by atoms with Crippen LogP contribution in [0.1, 0.15) is 42.6 Å². The van der Waals surface area contributed by atoms with E-state index in [9.17, 15) is 13.6 Å². The lowest BCUT2D eigenvalue weighted by molar-refractivity contribution is 0.0909. The Bertz CT molecular complexity index is 803. The largest absolute Gasteiger partial charge is 0.349 e. The zero-order valence-corrected chi connectivity index (χ0v) is 17.1. The third-order valence-electron chi connectivity index (χ3n) is 4.80. The molecule has 0 aliphatic carbocycles. The third-order valence-corrected chi connectivity index (χ3v) is 5.82. The molecule has 0 aromatic heterocycles.